The maximum Gasteiger partial charge on any atom is 0.325 e. The van der Waals surface area contributed by atoms with E-state index < -0.39 is 0 Å². The molecule has 0 atom stereocenters. The number of aromatic amines is 1. The van der Waals surface area contributed by atoms with Gasteiger partial charge in [-0.1, -0.05) is 12.2 Å². The second-order valence-corrected chi connectivity index (χ2v) is 2.12. The Morgan fingerprint density at radius 3 is 3.00 bits per heavy atom. The Balaban J connectivity index is 2.58. The monoisotopic (exact) mass is 153 g/mol. The topological polar surface area (TPSA) is 63.8 Å². The highest BCUT2D eigenvalue weighted by Gasteiger charge is 1.89. The first-order valence-electron chi connectivity index (χ1n) is 3.43. The third kappa shape index (κ3) is 2.09. The fourth-order valence-corrected chi connectivity index (χ4v) is 0.777. The minimum atomic E-state index is -0.0910. The third-order valence-corrected chi connectivity index (χ3v) is 1.33. The largest absolute Gasteiger partial charge is 0.327 e. The van der Waals surface area contributed by atoms with Gasteiger partial charge >= 0.3 is 5.69 Å². The van der Waals surface area contributed by atoms with E-state index in [0.29, 0.717) is 13.1 Å². The second-order valence-electron chi connectivity index (χ2n) is 2.12. The summed E-state index contributed by atoms with van der Waals surface area (Å²) in [6.07, 6.45) is 6.98. The predicted molar refractivity (Wildman–Crippen MR) is 43.2 cm³/mol. The summed E-state index contributed by atoms with van der Waals surface area (Å²) in [4.78, 5) is 13.4. The lowest BCUT2D eigenvalue weighted by Crippen LogP contribution is -2.15. The molecule has 0 bridgehead atoms. The number of nitrogens with zero attached hydrogens (tertiary/aromatic N) is 1. The van der Waals surface area contributed by atoms with Crippen LogP contribution in [0.4, 0.5) is 0 Å². The lowest BCUT2D eigenvalue weighted by Gasteiger charge is -1.91. The first-order chi connectivity index (χ1) is 5.34. The van der Waals surface area contributed by atoms with Crippen LogP contribution in [0.5, 0.6) is 0 Å². The van der Waals surface area contributed by atoms with E-state index in [0.717, 1.165) is 0 Å². The van der Waals surface area contributed by atoms with Crippen molar-refractivity contribution in [2.45, 2.75) is 6.54 Å². The average molecular weight is 153 g/mol. The van der Waals surface area contributed by atoms with Crippen LogP contribution in [-0.4, -0.2) is 16.1 Å². The lowest BCUT2D eigenvalue weighted by molar-refractivity contribution is 0.780. The highest BCUT2D eigenvalue weighted by Crippen LogP contribution is 1.80. The number of hydrogen-bond donors (Lipinski definition) is 2. The molecule has 4 nitrogen and oxygen atoms in total. The first kappa shape index (κ1) is 7.81. The number of hydrogen-bond acceptors (Lipinski definition) is 2. The molecule has 0 aromatic carbocycles. The zero-order valence-corrected chi connectivity index (χ0v) is 6.16. The molecule has 0 aliphatic carbocycles. The number of nitrogens with one attached hydrogen (secondary N) is 1. The molecule has 11 heavy (non-hydrogen) atoms. The van der Waals surface area contributed by atoms with E-state index in [2.05, 4.69) is 4.98 Å². The number of aromatic nitrogens is 2. The molecule has 1 aromatic rings. The van der Waals surface area contributed by atoms with Crippen LogP contribution in [0.3, 0.4) is 0 Å². The Labute approximate surface area is 64.3 Å². The van der Waals surface area contributed by atoms with E-state index in [1.165, 1.54) is 0 Å². The van der Waals surface area contributed by atoms with Gasteiger partial charge in [0.15, 0.2) is 0 Å². The van der Waals surface area contributed by atoms with Crippen molar-refractivity contribution in [3.05, 3.63) is 35.0 Å². The minimum absolute atomic E-state index is 0.0910. The van der Waals surface area contributed by atoms with Crippen molar-refractivity contribution in [2.24, 2.45) is 5.73 Å². The molecule has 0 unspecified atom stereocenters. The van der Waals surface area contributed by atoms with Gasteiger partial charge in [0.25, 0.3) is 0 Å². The van der Waals surface area contributed by atoms with Crippen LogP contribution in [-0.2, 0) is 6.54 Å². The van der Waals surface area contributed by atoms with Gasteiger partial charge in [-0.15, -0.1) is 0 Å². The summed E-state index contributed by atoms with van der Waals surface area (Å²) in [6.45, 7) is 1.10. The highest BCUT2D eigenvalue weighted by molar-refractivity contribution is 4.86. The maximum atomic E-state index is 10.9. The van der Waals surface area contributed by atoms with Crippen molar-refractivity contribution in [2.75, 3.05) is 6.54 Å². The molecule has 1 heterocycles. The normalized spacial score (nSPS) is 11.0. The van der Waals surface area contributed by atoms with E-state index >= 15 is 0 Å². The highest BCUT2D eigenvalue weighted by atomic mass is 16.1. The molecule has 0 aliphatic rings. The number of imidazole rings is 1. The molecule has 0 fully saturated rings. The van der Waals surface area contributed by atoms with E-state index in [4.69, 9.17) is 5.73 Å². The summed E-state index contributed by atoms with van der Waals surface area (Å²) in [7, 11) is 0. The average Bonchev–Trinajstić information content (AvgIpc) is 2.37. The Kier molecular flexibility index (Phi) is 2.68. The van der Waals surface area contributed by atoms with Gasteiger partial charge in [0.1, 0.15) is 0 Å². The quantitative estimate of drug-likeness (QED) is 0.585. The molecule has 0 saturated carbocycles. The Hall–Kier alpha value is -1.29. The van der Waals surface area contributed by atoms with Crippen molar-refractivity contribution in [1.82, 2.24) is 9.55 Å². The maximum absolute atomic E-state index is 10.9. The summed E-state index contributed by atoms with van der Waals surface area (Å²) < 4.78 is 1.56. The number of allylic oxidation sites excluding steroid dienone is 1. The van der Waals surface area contributed by atoms with Crippen molar-refractivity contribution < 1.29 is 0 Å². The molecule has 4 heteroatoms. The molecule has 0 radical (unpaired) electrons. The lowest BCUT2D eigenvalue weighted by atomic mass is 10.5. The van der Waals surface area contributed by atoms with Crippen LogP contribution in [0, 0.1) is 0 Å². The summed E-state index contributed by atoms with van der Waals surface area (Å²) in [5.41, 5.74) is 5.13. The first-order valence-corrected chi connectivity index (χ1v) is 3.43. The van der Waals surface area contributed by atoms with E-state index in [1.807, 2.05) is 12.2 Å². The summed E-state index contributed by atoms with van der Waals surface area (Å²) in [5.74, 6) is 0. The fourth-order valence-electron chi connectivity index (χ4n) is 0.777. The van der Waals surface area contributed by atoms with Gasteiger partial charge in [-0.2, -0.15) is 0 Å². The van der Waals surface area contributed by atoms with Crippen LogP contribution in [0.1, 0.15) is 0 Å². The molecule has 60 valence electrons. The van der Waals surface area contributed by atoms with Crippen LogP contribution >= 0.6 is 0 Å². The van der Waals surface area contributed by atoms with Gasteiger partial charge in [-0.3, -0.25) is 4.57 Å². The van der Waals surface area contributed by atoms with Crippen molar-refractivity contribution >= 4 is 0 Å². The van der Waals surface area contributed by atoms with Gasteiger partial charge < -0.3 is 10.7 Å². The molecule has 1 aromatic heterocycles. The zero-order chi connectivity index (χ0) is 8.10. The molecule has 0 saturated heterocycles. The Morgan fingerprint density at radius 1 is 1.64 bits per heavy atom. The Bertz CT molecular complexity index is 284. The molecule has 1 rings (SSSR count). The fraction of sp³-hybridized carbons (Fsp3) is 0.286. The predicted octanol–water partition coefficient (Wildman–Crippen LogP) is -0.309. The van der Waals surface area contributed by atoms with Crippen molar-refractivity contribution in [3.63, 3.8) is 0 Å². The minimum Gasteiger partial charge on any atom is -0.327 e. The number of nitrogens with two attached hydrogens (primary N) is 1. The van der Waals surface area contributed by atoms with Gasteiger partial charge in [0, 0.05) is 25.5 Å². The molecule has 0 amide bonds. The molecular formula is C7H11N3O. The Morgan fingerprint density at radius 2 is 2.45 bits per heavy atom. The molecule has 0 spiro atoms. The second kappa shape index (κ2) is 3.78. The number of H-pyrrole nitrogens is 1. The van der Waals surface area contributed by atoms with Crippen LogP contribution in [0.2, 0.25) is 0 Å². The number of rotatable bonds is 3. The van der Waals surface area contributed by atoms with Crippen molar-refractivity contribution in [3.8, 4) is 0 Å². The van der Waals surface area contributed by atoms with Crippen LogP contribution in [0.25, 0.3) is 0 Å². The van der Waals surface area contributed by atoms with Gasteiger partial charge in [-0.25, -0.2) is 4.79 Å². The van der Waals surface area contributed by atoms with Gasteiger partial charge in [0.2, 0.25) is 0 Å². The van der Waals surface area contributed by atoms with Crippen LogP contribution < -0.4 is 11.4 Å². The van der Waals surface area contributed by atoms with Gasteiger partial charge in [0.05, 0.1) is 0 Å². The van der Waals surface area contributed by atoms with Crippen LogP contribution in [0.15, 0.2) is 29.3 Å². The summed E-state index contributed by atoms with van der Waals surface area (Å²) >= 11 is 0. The van der Waals surface area contributed by atoms with E-state index in [9.17, 15) is 4.79 Å². The SMILES string of the molecule is NC/C=C/Cn1cc[nH]c1=O. The standard InChI is InChI=1S/C7H11N3O/c8-3-1-2-5-10-6-4-9-7(10)11/h1-2,4,6H,3,5,8H2,(H,9,11)/b2-1+. The van der Waals surface area contributed by atoms with E-state index in [1.54, 1.807) is 17.0 Å². The summed E-state index contributed by atoms with van der Waals surface area (Å²) in [6, 6.07) is 0. The zero-order valence-electron chi connectivity index (χ0n) is 6.16. The van der Waals surface area contributed by atoms with Crippen molar-refractivity contribution in [1.29, 1.82) is 0 Å². The summed E-state index contributed by atoms with van der Waals surface area (Å²) in [5, 5.41) is 0. The molecule has 3 N–H and O–H groups in total. The molecular weight excluding hydrogens is 142 g/mol. The van der Waals surface area contributed by atoms with E-state index in [-0.39, 0.29) is 5.69 Å². The smallest absolute Gasteiger partial charge is 0.325 e. The third-order valence-electron chi connectivity index (χ3n) is 1.33. The van der Waals surface area contributed by atoms with Gasteiger partial charge in [-0.05, 0) is 0 Å². The molecule has 0 aliphatic heterocycles.